The van der Waals surface area contributed by atoms with Gasteiger partial charge < -0.3 is 15.7 Å². The summed E-state index contributed by atoms with van der Waals surface area (Å²) in [5.41, 5.74) is 1.05. The molecule has 4 nitrogen and oxygen atoms in total. The average Bonchev–Trinajstić information content (AvgIpc) is 2.81. The van der Waals surface area contributed by atoms with Crippen LogP contribution in [0.3, 0.4) is 0 Å². The summed E-state index contributed by atoms with van der Waals surface area (Å²) < 4.78 is 1.02. The van der Waals surface area contributed by atoms with E-state index in [9.17, 15) is 9.90 Å². The molecule has 104 valence electrons. The van der Waals surface area contributed by atoms with Crippen LogP contribution < -0.4 is 10.6 Å². The molecule has 0 saturated heterocycles. The molecule has 1 aromatic rings. The highest BCUT2D eigenvalue weighted by Crippen LogP contribution is 2.24. The number of amides is 2. The van der Waals surface area contributed by atoms with Crippen molar-refractivity contribution >= 4 is 22.0 Å². The number of nitrogens with one attached hydrogen (secondary N) is 2. The predicted molar refractivity (Wildman–Crippen MR) is 77.7 cm³/mol. The van der Waals surface area contributed by atoms with Crippen molar-refractivity contribution in [2.45, 2.75) is 31.9 Å². The van der Waals surface area contributed by atoms with Crippen LogP contribution in [0.1, 0.15) is 24.8 Å². The van der Waals surface area contributed by atoms with E-state index in [4.69, 9.17) is 0 Å². The van der Waals surface area contributed by atoms with E-state index in [-0.39, 0.29) is 18.1 Å². The third kappa shape index (κ3) is 4.51. The average molecular weight is 327 g/mol. The van der Waals surface area contributed by atoms with Gasteiger partial charge in [-0.25, -0.2) is 4.79 Å². The number of carbonyl (C=O) groups excluding carboxylic acids is 1. The predicted octanol–water partition coefficient (Wildman–Crippen LogP) is 2.41. The number of carbonyl (C=O) groups is 1. The van der Waals surface area contributed by atoms with Gasteiger partial charge in [-0.2, -0.15) is 0 Å². The fourth-order valence-corrected chi connectivity index (χ4v) is 2.59. The Kier molecular flexibility index (Phi) is 5.22. The number of halogens is 1. The van der Waals surface area contributed by atoms with E-state index in [1.807, 2.05) is 24.3 Å². The largest absolute Gasteiger partial charge is 0.393 e. The van der Waals surface area contributed by atoms with E-state index >= 15 is 0 Å². The topological polar surface area (TPSA) is 61.4 Å². The minimum absolute atomic E-state index is 0.179. The quantitative estimate of drug-likeness (QED) is 0.795. The first kappa shape index (κ1) is 14.3. The minimum Gasteiger partial charge on any atom is -0.393 e. The fourth-order valence-electron chi connectivity index (χ4n) is 2.33. The summed E-state index contributed by atoms with van der Waals surface area (Å²) in [7, 11) is 0. The molecule has 0 bridgehead atoms. The zero-order chi connectivity index (χ0) is 13.7. The number of hydrogen-bond donors (Lipinski definition) is 3. The van der Waals surface area contributed by atoms with Crippen molar-refractivity contribution in [3.05, 3.63) is 34.3 Å². The molecule has 0 unspecified atom stereocenters. The molecule has 2 atom stereocenters. The smallest absolute Gasteiger partial charge is 0.315 e. The van der Waals surface area contributed by atoms with Gasteiger partial charge in [-0.3, -0.25) is 0 Å². The van der Waals surface area contributed by atoms with Crippen molar-refractivity contribution in [2.24, 2.45) is 5.92 Å². The molecule has 19 heavy (non-hydrogen) atoms. The first-order valence-corrected chi connectivity index (χ1v) is 7.38. The van der Waals surface area contributed by atoms with Crippen molar-refractivity contribution in [3.63, 3.8) is 0 Å². The van der Waals surface area contributed by atoms with Crippen molar-refractivity contribution in [1.82, 2.24) is 10.6 Å². The van der Waals surface area contributed by atoms with Gasteiger partial charge in [0.25, 0.3) is 0 Å². The lowest BCUT2D eigenvalue weighted by Crippen LogP contribution is -2.39. The van der Waals surface area contributed by atoms with Crippen LogP contribution in [0.25, 0.3) is 0 Å². The summed E-state index contributed by atoms with van der Waals surface area (Å²) in [6.07, 6.45) is 2.64. The lowest BCUT2D eigenvalue weighted by Gasteiger charge is -2.15. The highest BCUT2D eigenvalue weighted by molar-refractivity contribution is 9.10. The molecule has 0 spiro atoms. The standard InChI is InChI=1S/C14H19BrN2O2/c15-12-6-4-10(5-7-12)8-16-14(19)17-9-11-2-1-3-13(11)18/h4-7,11,13,18H,1-3,8-9H2,(H2,16,17,19)/t11-,13+/m0/s1. The molecule has 3 N–H and O–H groups in total. The van der Waals surface area contributed by atoms with Crippen LogP contribution in [0.5, 0.6) is 0 Å². The summed E-state index contributed by atoms with van der Waals surface area (Å²) in [5, 5.41) is 15.3. The second kappa shape index (κ2) is 6.91. The van der Waals surface area contributed by atoms with E-state index in [1.165, 1.54) is 0 Å². The Labute approximate surface area is 121 Å². The van der Waals surface area contributed by atoms with E-state index in [0.29, 0.717) is 13.1 Å². The first-order valence-electron chi connectivity index (χ1n) is 6.59. The van der Waals surface area contributed by atoms with Gasteiger partial charge in [-0.05, 0) is 30.5 Å². The summed E-state index contributed by atoms with van der Waals surface area (Å²) in [6, 6.07) is 7.64. The lowest BCUT2D eigenvalue weighted by molar-refractivity contribution is 0.132. The highest BCUT2D eigenvalue weighted by atomic mass is 79.9. The van der Waals surface area contributed by atoms with Crippen LogP contribution in [0.4, 0.5) is 4.79 Å². The Morgan fingerprint density at radius 1 is 1.26 bits per heavy atom. The van der Waals surface area contributed by atoms with Crippen LogP contribution in [0.15, 0.2) is 28.7 Å². The summed E-state index contributed by atoms with van der Waals surface area (Å²) in [5.74, 6) is 0.207. The molecule has 1 aliphatic carbocycles. The maximum atomic E-state index is 11.6. The Balaban J connectivity index is 1.68. The summed E-state index contributed by atoms with van der Waals surface area (Å²) in [6.45, 7) is 1.06. The number of aliphatic hydroxyl groups is 1. The molecular weight excluding hydrogens is 308 g/mol. The molecule has 0 radical (unpaired) electrons. The number of urea groups is 1. The molecular formula is C14H19BrN2O2. The molecule has 1 aromatic carbocycles. The Hall–Kier alpha value is -1.07. The number of hydrogen-bond acceptors (Lipinski definition) is 2. The van der Waals surface area contributed by atoms with Gasteiger partial charge in [0.05, 0.1) is 6.10 Å². The second-order valence-corrected chi connectivity index (χ2v) is 5.86. The Morgan fingerprint density at radius 2 is 2.00 bits per heavy atom. The molecule has 0 aliphatic heterocycles. The molecule has 0 aromatic heterocycles. The summed E-state index contributed by atoms with van der Waals surface area (Å²) in [4.78, 5) is 11.6. The molecule has 0 heterocycles. The van der Waals surface area contributed by atoms with Crippen LogP contribution in [0.2, 0.25) is 0 Å². The van der Waals surface area contributed by atoms with E-state index in [1.54, 1.807) is 0 Å². The maximum Gasteiger partial charge on any atom is 0.315 e. The zero-order valence-corrected chi connectivity index (χ0v) is 12.3. The molecule has 2 amide bonds. The monoisotopic (exact) mass is 326 g/mol. The van der Waals surface area contributed by atoms with E-state index in [2.05, 4.69) is 26.6 Å². The van der Waals surface area contributed by atoms with Crippen molar-refractivity contribution in [3.8, 4) is 0 Å². The zero-order valence-electron chi connectivity index (χ0n) is 10.7. The molecule has 5 heteroatoms. The minimum atomic E-state index is -0.258. The van der Waals surface area contributed by atoms with Crippen molar-refractivity contribution in [2.75, 3.05) is 6.54 Å². The maximum absolute atomic E-state index is 11.6. The SMILES string of the molecule is O=C(NCc1ccc(Br)cc1)NC[C@@H]1CCC[C@H]1O. The van der Waals surface area contributed by atoms with E-state index < -0.39 is 0 Å². The van der Waals surface area contributed by atoms with Crippen molar-refractivity contribution < 1.29 is 9.90 Å². The number of rotatable bonds is 4. The molecule has 1 saturated carbocycles. The second-order valence-electron chi connectivity index (χ2n) is 4.95. The van der Waals surface area contributed by atoms with Gasteiger partial charge in [0.2, 0.25) is 0 Å². The van der Waals surface area contributed by atoms with Gasteiger partial charge in [-0.15, -0.1) is 0 Å². The van der Waals surface area contributed by atoms with Gasteiger partial charge in [0.1, 0.15) is 0 Å². The van der Waals surface area contributed by atoms with Crippen molar-refractivity contribution in [1.29, 1.82) is 0 Å². The van der Waals surface area contributed by atoms with Gasteiger partial charge in [0.15, 0.2) is 0 Å². The van der Waals surface area contributed by atoms with Gasteiger partial charge in [0, 0.05) is 23.5 Å². The lowest BCUT2D eigenvalue weighted by atomic mass is 10.1. The third-order valence-corrected chi connectivity index (χ3v) is 4.04. The number of aliphatic hydroxyl groups excluding tert-OH is 1. The van der Waals surface area contributed by atoms with Crippen LogP contribution in [-0.4, -0.2) is 23.8 Å². The Bertz CT molecular complexity index is 422. The van der Waals surface area contributed by atoms with Gasteiger partial charge >= 0.3 is 6.03 Å². The first-order chi connectivity index (χ1) is 9.15. The normalized spacial score (nSPS) is 22.2. The fraction of sp³-hybridized carbons (Fsp3) is 0.500. The summed E-state index contributed by atoms with van der Waals surface area (Å²) >= 11 is 3.37. The van der Waals surface area contributed by atoms with Crippen LogP contribution in [-0.2, 0) is 6.54 Å². The molecule has 2 rings (SSSR count). The molecule has 1 fully saturated rings. The third-order valence-electron chi connectivity index (χ3n) is 3.51. The van der Waals surface area contributed by atoms with Crippen LogP contribution in [0, 0.1) is 5.92 Å². The van der Waals surface area contributed by atoms with Crippen LogP contribution >= 0.6 is 15.9 Å². The van der Waals surface area contributed by atoms with Gasteiger partial charge in [-0.1, -0.05) is 34.5 Å². The Morgan fingerprint density at radius 3 is 2.63 bits per heavy atom. The highest BCUT2D eigenvalue weighted by Gasteiger charge is 2.25. The number of benzene rings is 1. The molecule has 1 aliphatic rings. The van der Waals surface area contributed by atoms with E-state index in [0.717, 1.165) is 29.3 Å².